The Morgan fingerprint density at radius 2 is 2.35 bits per heavy atom. The second kappa shape index (κ2) is 4.38. The molecule has 1 saturated carbocycles. The van der Waals surface area contributed by atoms with E-state index in [0.717, 1.165) is 22.7 Å². The number of likely N-dealkylation sites (N-methyl/N-ethyl adjacent to an activating group) is 1. The summed E-state index contributed by atoms with van der Waals surface area (Å²) in [6, 6.07) is 0. The predicted octanol–water partition coefficient (Wildman–Crippen LogP) is 1.54. The molecule has 0 aliphatic heterocycles. The van der Waals surface area contributed by atoms with Crippen LogP contribution >= 0.6 is 11.3 Å². The Hall–Kier alpha value is -0.940. The molecular weight excluding hydrogens is 234 g/mol. The Morgan fingerprint density at radius 3 is 2.82 bits per heavy atom. The number of hydrogen-bond donors (Lipinski definition) is 1. The van der Waals surface area contributed by atoms with Gasteiger partial charge in [0.15, 0.2) is 0 Å². The minimum absolute atomic E-state index is 0.0334. The molecule has 1 heterocycles. The molecule has 94 valence electrons. The van der Waals surface area contributed by atoms with Gasteiger partial charge in [0.1, 0.15) is 0 Å². The van der Waals surface area contributed by atoms with E-state index < -0.39 is 5.54 Å². The molecule has 0 aromatic carbocycles. The quantitative estimate of drug-likeness (QED) is 0.885. The number of nitrogens with zero attached hydrogens (tertiary/aromatic N) is 2. The van der Waals surface area contributed by atoms with Crippen molar-refractivity contribution in [2.75, 3.05) is 7.05 Å². The molecule has 0 radical (unpaired) electrons. The SMILES string of the molecule is Cc1ncc(CN(C)C(=O)C(C)(N)C2CC2)s1. The zero-order valence-electron chi connectivity index (χ0n) is 10.6. The van der Waals surface area contributed by atoms with Crippen molar-refractivity contribution < 1.29 is 4.79 Å². The molecule has 1 unspecified atom stereocenters. The fourth-order valence-corrected chi connectivity index (χ4v) is 2.90. The molecule has 1 aliphatic carbocycles. The summed E-state index contributed by atoms with van der Waals surface area (Å²) in [7, 11) is 1.81. The Labute approximate surface area is 106 Å². The lowest BCUT2D eigenvalue weighted by Crippen LogP contribution is -2.53. The highest BCUT2D eigenvalue weighted by atomic mass is 32.1. The van der Waals surface area contributed by atoms with Crippen LogP contribution in [-0.2, 0) is 11.3 Å². The predicted molar refractivity (Wildman–Crippen MR) is 68.6 cm³/mol. The number of aryl methyl sites for hydroxylation is 1. The zero-order valence-corrected chi connectivity index (χ0v) is 11.4. The highest BCUT2D eigenvalue weighted by molar-refractivity contribution is 7.11. The summed E-state index contributed by atoms with van der Waals surface area (Å²) in [6.07, 6.45) is 3.98. The number of carbonyl (C=O) groups is 1. The number of aromatic nitrogens is 1. The van der Waals surface area contributed by atoms with Gasteiger partial charge in [0.05, 0.1) is 17.1 Å². The summed E-state index contributed by atoms with van der Waals surface area (Å²) in [6.45, 7) is 4.42. The lowest BCUT2D eigenvalue weighted by molar-refractivity contribution is -0.136. The molecule has 0 saturated heterocycles. The van der Waals surface area contributed by atoms with Crippen molar-refractivity contribution >= 4 is 17.2 Å². The van der Waals surface area contributed by atoms with E-state index in [1.54, 1.807) is 16.2 Å². The van der Waals surface area contributed by atoms with E-state index in [4.69, 9.17) is 5.73 Å². The Morgan fingerprint density at radius 1 is 1.71 bits per heavy atom. The van der Waals surface area contributed by atoms with Crippen molar-refractivity contribution in [1.82, 2.24) is 9.88 Å². The van der Waals surface area contributed by atoms with E-state index in [9.17, 15) is 4.79 Å². The number of nitrogens with two attached hydrogens (primary N) is 1. The van der Waals surface area contributed by atoms with Crippen LogP contribution in [0, 0.1) is 12.8 Å². The molecule has 17 heavy (non-hydrogen) atoms. The molecular formula is C12H19N3OS. The molecule has 1 fully saturated rings. The van der Waals surface area contributed by atoms with Crippen molar-refractivity contribution in [3.63, 3.8) is 0 Å². The van der Waals surface area contributed by atoms with Gasteiger partial charge in [0.2, 0.25) is 5.91 Å². The second-order valence-corrected chi connectivity index (χ2v) is 6.38. The summed E-state index contributed by atoms with van der Waals surface area (Å²) in [5, 5.41) is 1.03. The number of amides is 1. The molecule has 0 spiro atoms. The first-order valence-corrected chi connectivity index (χ1v) is 6.68. The van der Waals surface area contributed by atoms with Gasteiger partial charge in [-0.05, 0) is 32.6 Å². The third-order valence-corrected chi connectivity index (χ3v) is 4.19. The summed E-state index contributed by atoms with van der Waals surface area (Å²) >= 11 is 1.62. The minimum atomic E-state index is -0.700. The maximum absolute atomic E-state index is 12.2. The number of thiazole rings is 1. The number of hydrogen-bond acceptors (Lipinski definition) is 4. The molecule has 1 amide bonds. The third kappa shape index (κ3) is 2.66. The smallest absolute Gasteiger partial charge is 0.242 e. The van der Waals surface area contributed by atoms with E-state index in [0.29, 0.717) is 12.5 Å². The topological polar surface area (TPSA) is 59.2 Å². The molecule has 1 aromatic heterocycles. The lowest BCUT2D eigenvalue weighted by atomic mass is 9.95. The van der Waals surface area contributed by atoms with Crippen molar-refractivity contribution in [2.45, 2.75) is 38.8 Å². The summed E-state index contributed by atoms with van der Waals surface area (Å²) < 4.78 is 0. The second-order valence-electron chi connectivity index (χ2n) is 5.06. The molecule has 1 atom stereocenters. The summed E-state index contributed by atoms with van der Waals surface area (Å²) in [4.78, 5) is 19.2. The van der Waals surface area contributed by atoms with Crippen LogP contribution in [0.25, 0.3) is 0 Å². The van der Waals surface area contributed by atoms with Crippen LogP contribution in [0.1, 0.15) is 29.7 Å². The lowest BCUT2D eigenvalue weighted by Gasteiger charge is -2.28. The van der Waals surface area contributed by atoms with Crippen LogP contribution in [0.5, 0.6) is 0 Å². The van der Waals surface area contributed by atoms with Crippen LogP contribution in [-0.4, -0.2) is 28.4 Å². The normalized spacial score (nSPS) is 18.8. The summed E-state index contributed by atoms with van der Waals surface area (Å²) in [5.74, 6) is 0.395. The van der Waals surface area contributed by atoms with Crippen LogP contribution < -0.4 is 5.73 Å². The van der Waals surface area contributed by atoms with Crippen LogP contribution in [0.4, 0.5) is 0 Å². The zero-order chi connectivity index (χ0) is 12.6. The van der Waals surface area contributed by atoms with Crippen LogP contribution in [0.3, 0.4) is 0 Å². The van der Waals surface area contributed by atoms with Crippen molar-refractivity contribution in [2.24, 2.45) is 11.7 Å². The summed E-state index contributed by atoms with van der Waals surface area (Å²) in [5.41, 5.74) is 5.42. The van der Waals surface area contributed by atoms with Gasteiger partial charge in [-0.25, -0.2) is 4.98 Å². The maximum Gasteiger partial charge on any atom is 0.242 e. The molecule has 1 aromatic rings. The van der Waals surface area contributed by atoms with Gasteiger partial charge in [-0.15, -0.1) is 11.3 Å². The molecule has 0 bridgehead atoms. The van der Waals surface area contributed by atoms with Gasteiger partial charge < -0.3 is 10.6 Å². The van der Waals surface area contributed by atoms with Crippen LogP contribution in [0.2, 0.25) is 0 Å². The van der Waals surface area contributed by atoms with Gasteiger partial charge in [0, 0.05) is 18.1 Å². The molecule has 4 nitrogen and oxygen atoms in total. The molecule has 2 rings (SSSR count). The number of rotatable bonds is 4. The largest absolute Gasteiger partial charge is 0.339 e. The molecule has 2 N–H and O–H groups in total. The van der Waals surface area contributed by atoms with Crippen molar-refractivity contribution in [1.29, 1.82) is 0 Å². The molecule has 1 aliphatic rings. The van der Waals surface area contributed by atoms with Crippen molar-refractivity contribution in [3.05, 3.63) is 16.1 Å². The minimum Gasteiger partial charge on any atom is -0.339 e. The van der Waals surface area contributed by atoms with E-state index in [-0.39, 0.29) is 5.91 Å². The maximum atomic E-state index is 12.2. The van der Waals surface area contributed by atoms with Crippen molar-refractivity contribution in [3.8, 4) is 0 Å². The van der Waals surface area contributed by atoms with E-state index in [1.807, 2.05) is 27.1 Å². The first kappa shape index (κ1) is 12.5. The third-order valence-electron chi connectivity index (χ3n) is 3.30. The van der Waals surface area contributed by atoms with Gasteiger partial charge >= 0.3 is 0 Å². The number of carbonyl (C=O) groups excluding carboxylic acids is 1. The standard InChI is InChI=1S/C12H19N3OS/c1-8-14-6-10(17-8)7-15(3)11(16)12(2,13)9-4-5-9/h6,9H,4-5,7,13H2,1-3H3. The average Bonchev–Trinajstić information content (AvgIpc) is 3.03. The monoisotopic (exact) mass is 253 g/mol. The van der Waals surface area contributed by atoms with E-state index in [2.05, 4.69) is 4.98 Å². The highest BCUT2D eigenvalue weighted by Gasteiger charge is 2.45. The van der Waals surface area contributed by atoms with E-state index in [1.165, 1.54) is 0 Å². The van der Waals surface area contributed by atoms with Gasteiger partial charge in [-0.3, -0.25) is 4.79 Å². The fraction of sp³-hybridized carbons (Fsp3) is 0.667. The van der Waals surface area contributed by atoms with Gasteiger partial charge in [-0.2, -0.15) is 0 Å². The van der Waals surface area contributed by atoms with Crippen LogP contribution in [0.15, 0.2) is 6.20 Å². The Bertz CT molecular complexity index is 423. The first-order valence-electron chi connectivity index (χ1n) is 5.87. The Balaban J connectivity index is 1.99. The fourth-order valence-electron chi connectivity index (χ4n) is 2.05. The first-order chi connectivity index (χ1) is 7.91. The average molecular weight is 253 g/mol. The highest BCUT2D eigenvalue weighted by Crippen LogP contribution is 2.39. The van der Waals surface area contributed by atoms with E-state index >= 15 is 0 Å². The van der Waals surface area contributed by atoms with Gasteiger partial charge in [-0.1, -0.05) is 0 Å². The Kier molecular flexibility index (Phi) is 3.23. The molecule has 5 heteroatoms. The van der Waals surface area contributed by atoms with Gasteiger partial charge in [0.25, 0.3) is 0 Å².